The Morgan fingerprint density at radius 1 is 1.03 bits per heavy atom. The molecule has 0 saturated heterocycles. The van der Waals surface area contributed by atoms with Crippen LogP contribution in [0.15, 0.2) is 30.3 Å². The number of carbonyl (C=O) groups excluding carboxylic acids is 3. The van der Waals surface area contributed by atoms with Crippen molar-refractivity contribution in [2.75, 3.05) is 13.7 Å². The molecule has 162 valence electrons. The molecule has 0 bridgehead atoms. The monoisotopic (exact) mass is 433 g/mol. The van der Waals surface area contributed by atoms with E-state index in [1.807, 2.05) is 0 Å². The fourth-order valence-electron chi connectivity index (χ4n) is 2.39. The average molecular weight is 434 g/mol. The predicted molar refractivity (Wildman–Crippen MR) is 115 cm³/mol. The number of hydrogen-bond acceptors (Lipinski definition) is 6. The lowest BCUT2D eigenvalue weighted by atomic mass is 10.1. The number of ether oxygens (including phenoxy) is 2. The molecular formula is C21H27N3O5S. The molecule has 0 atom stereocenters. The first-order valence-corrected chi connectivity index (χ1v) is 10.4. The van der Waals surface area contributed by atoms with Crippen molar-refractivity contribution >= 4 is 29.1 Å². The normalized spacial score (nSPS) is 10.4. The lowest BCUT2D eigenvalue weighted by Gasteiger charge is -2.13. The first-order chi connectivity index (χ1) is 14.3. The molecule has 9 heteroatoms. The van der Waals surface area contributed by atoms with Gasteiger partial charge in [0.1, 0.15) is 0 Å². The summed E-state index contributed by atoms with van der Waals surface area (Å²) in [6, 6.07) is 8.22. The fraction of sp³-hybridized carbons (Fsp3) is 0.381. The van der Waals surface area contributed by atoms with Crippen LogP contribution in [-0.2, 0) is 11.3 Å². The molecule has 2 aromatic rings. The maximum atomic E-state index is 12.4. The van der Waals surface area contributed by atoms with E-state index in [0.29, 0.717) is 41.0 Å². The first kappa shape index (κ1) is 23.2. The number of nitrogens with one attached hydrogen (secondary N) is 3. The SMILES string of the molecule is COc1cc(C(=O)NNC(=O)c2ccc(CNC(C)=O)s2)ccc1OCCC(C)C. The standard InChI is InChI=1S/C21H27N3O5S/c1-13(2)9-10-29-17-7-5-15(11-18(17)28-4)20(26)23-24-21(27)19-8-6-16(30-19)12-22-14(3)25/h5-8,11,13H,9-10,12H2,1-4H3,(H,22,25)(H,23,26)(H,24,27). The summed E-state index contributed by atoms with van der Waals surface area (Å²) in [5, 5.41) is 2.67. The van der Waals surface area contributed by atoms with Crippen molar-refractivity contribution in [3.8, 4) is 11.5 Å². The van der Waals surface area contributed by atoms with Gasteiger partial charge in [-0.05, 0) is 42.7 Å². The molecule has 0 spiro atoms. The molecule has 3 amide bonds. The van der Waals surface area contributed by atoms with E-state index in [1.54, 1.807) is 30.3 Å². The average Bonchev–Trinajstić information content (AvgIpc) is 3.19. The lowest BCUT2D eigenvalue weighted by Crippen LogP contribution is -2.41. The summed E-state index contributed by atoms with van der Waals surface area (Å²) < 4.78 is 11.0. The molecule has 3 N–H and O–H groups in total. The van der Waals surface area contributed by atoms with Gasteiger partial charge >= 0.3 is 0 Å². The number of benzene rings is 1. The maximum absolute atomic E-state index is 12.4. The van der Waals surface area contributed by atoms with E-state index >= 15 is 0 Å². The van der Waals surface area contributed by atoms with Crippen molar-refractivity contribution in [1.82, 2.24) is 16.2 Å². The molecule has 8 nitrogen and oxygen atoms in total. The van der Waals surface area contributed by atoms with Gasteiger partial charge in [-0.15, -0.1) is 11.3 Å². The zero-order chi connectivity index (χ0) is 22.1. The highest BCUT2D eigenvalue weighted by molar-refractivity contribution is 7.14. The van der Waals surface area contributed by atoms with Crippen molar-refractivity contribution < 1.29 is 23.9 Å². The molecule has 0 aliphatic carbocycles. The van der Waals surface area contributed by atoms with Crippen LogP contribution in [-0.4, -0.2) is 31.4 Å². The van der Waals surface area contributed by atoms with Crippen molar-refractivity contribution in [2.24, 2.45) is 5.92 Å². The molecule has 0 radical (unpaired) electrons. The van der Waals surface area contributed by atoms with E-state index in [-0.39, 0.29) is 5.91 Å². The second-order valence-corrected chi connectivity index (χ2v) is 8.15. The molecule has 1 aromatic heterocycles. The molecule has 2 rings (SSSR count). The molecular weight excluding hydrogens is 406 g/mol. The van der Waals surface area contributed by atoms with Crippen LogP contribution in [0.2, 0.25) is 0 Å². The molecule has 0 aliphatic rings. The van der Waals surface area contributed by atoms with E-state index in [1.165, 1.54) is 25.4 Å². The zero-order valence-corrected chi connectivity index (χ0v) is 18.4. The Bertz CT molecular complexity index is 895. The number of carbonyl (C=O) groups is 3. The Hall–Kier alpha value is -3.07. The fourth-order valence-corrected chi connectivity index (χ4v) is 3.23. The number of methoxy groups -OCH3 is 1. The zero-order valence-electron chi connectivity index (χ0n) is 17.5. The summed E-state index contributed by atoms with van der Waals surface area (Å²) in [5.74, 6) is 0.457. The van der Waals surface area contributed by atoms with Crippen molar-refractivity contribution in [1.29, 1.82) is 0 Å². The second-order valence-electron chi connectivity index (χ2n) is 6.98. The van der Waals surface area contributed by atoms with E-state index < -0.39 is 11.8 Å². The molecule has 0 aliphatic heterocycles. The Balaban J connectivity index is 1.92. The van der Waals surface area contributed by atoms with Crippen LogP contribution in [0.25, 0.3) is 0 Å². The van der Waals surface area contributed by atoms with Crippen LogP contribution < -0.4 is 25.6 Å². The summed E-state index contributed by atoms with van der Waals surface area (Å²) in [7, 11) is 1.50. The smallest absolute Gasteiger partial charge is 0.279 e. The quantitative estimate of drug-likeness (QED) is 0.528. The second kappa shape index (κ2) is 11.2. The molecule has 30 heavy (non-hydrogen) atoms. The highest BCUT2D eigenvalue weighted by Crippen LogP contribution is 2.28. The van der Waals surface area contributed by atoms with E-state index in [9.17, 15) is 14.4 Å². The molecule has 0 fully saturated rings. The Labute approximate surface area is 179 Å². The Morgan fingerprint density at radius 2 is 1.77 bits per heavy atom. The van der Waals surface area contributed by atoms with Crippen LogP contribution in [0.5, 0.6) is 11.5 Å². The van der Waals surface area contributed by atoms with Gasteiger partial charge in [0.15, 0.2) is 11.5 Å². The lowest BCUT2D eigenvalue weighted by molar-refractivity contribution is -0.119. The number of hydrogen-bond donors (Lipinski definition) is 3. The largest absolute Gasteiger partial charge is 0.493 e. The first-order valence-electron chi connectivity index (χ1n) is 9.54. The number of hydrazine groups is 1. The Kier molecular flexibility index (Phi) is 8.67. The highest BCUT2D eigenvalue weighted by Gasteiger charge is 2.14. The van der Waals surface area contributed by atoms with Gasteiger partial charge in [0.05, 0.1) is 25.1 Å². The highest BCUT2D eigenvalue weighted by atomic mass is 32.1. The summed E-state index contributed by atoms with van der Waals surface area (Å²) in [6.45, 7) is 6.56. The van der Waals surface area contributed by atoms with Gasteiger partial charge in [-0.3, -0.25) is 25.2 Å². The van der Waals surface area contributed by atoms with Crippen LogP contribution in [0.4, 0.5) is 0 Å². The molecule has 1 heterocycles. The predicted octanol–water partition coefficient (Wildman–Crippen LogP) is 2.89. The molecule has 0 unspecified atom stereocenters. The minimum Gasteiger partial charge on any atom is -0.493 e. The minimum absolute atomic E-state index is 0.145. The third-order valence-corrected chi connectivity index (χ3v) is 5.15. The van der Waals surface area contributed by atoms with Crippen LogP contribution in [0.3, 0.4) is 0 Å². The topological polar surface area (TPSA) is 106 Å². The van der Waals surface area contributed by atoms with Gasteiger partial charge in [0.25, 0.3) is 11.8 Å². The van der Waals surface area contributed by atoms with Gasteiger partial charge < -0.3 is 14.8 Å². The van der Waals surface area contributed by atoms with E-state index in [4.69, 9.17) is 9.47 Å². The summed E-state index contributed by atoms with van der Waals surface area (Å²) >= 11 is 1.23. The summed E-state index contributed by atoms with van der Waals surface area (Å²) in [5.41, 5.74) is 5.09. The van der Waals surface area contributed by atoms with Gasteiger partial charge in [-0.2, -0.15) is 0 Å². The summed E-state index contributed by atoms with van der Waals surface area (Å²) in [6.07, 6.45) is 0.909. The molecule has 0 saturated carbocycles. The van der Waals surface area contributed by atoms with Gasteiger partial charge in [-0.25, -0.2) is 0 Å². The van der Waals surface area contributed by atoms with Crippen molar-refractivity contribution in [2.45, 2.75) is 33.7 Å². The van der Waals surface area contributed by atoms with E-state index in [2.05, 4.69) is 30.0 Å². The van der Waals surface area contributed by atoms with Crippen LogP contribution >= 0.6 is 11.3 Å². The van der Waals surface area contributed by atoms with Gasteiger partial charge in [0, 0.05) is 17.4 Å². The summed E-state index contributed by atoms with van der Waals surface area (Å²) in [4.78, 5) is 36.8. The van der Waals surface area contributed by atoms with Gasteiger partial charge in [0.2, 0.25) is 5.91 Å². The van der Waals surface area contributed by atoms with Gasteiger partial charge in [-0.1, -0.05) is 13.8 Å². The number of thiophene rings is 1. The Morgan fingerprint density at radius 3 is 2.43 bits per heavy atom. The third-order valence-electron chi connectivity index (χ3n) is 4.07. The van der Waals surface area contributed by atoms with Crippen LogP contribution in [0, 0.1) is 5.92 Å². The van der Waals surface area contributed by atoms with Crippen molar-refractivity contribution in [3.05, 3.63) is 45.6 Å². The van der Waals surface area contributed by atoms with E-state index in [0.717, 1.165) is 11.3 Å². The number of rotatable bonds is 9. The number of amides is 3. The molecule has 1 aromatic carbocycles. The third kappa shape index (κ3) is 7.07. The maximum Gasteiger partial charge on any atom is 0.279 e. The van der Waals surface area contributed by atoms with Crippen LogP contribution in [0.1, 0.15) is 52.1 Å². The minimum atomic E-state index is -0.481. The van der Waals surface area contributed by atoms with Crippen molar-refractivity contribution in [3.63, 3.8) is 0 Å².